The van der Waals surface area contributed by atoms with E-state index in [1.54, 1.807) is 0 Å². The zero-order chi connectivity index (χ0) is 33.5. The molecule has 0 saturated carbocycles. The van der Waals surface area contributed by atoms with E-state index in [2.05, 4.69) is 180 Å². The Kier molecular flexibility index (Phi) is 6.36. The van der Waals surface area contributed by atoms with Crippen LogP contribution in [0.25, 0.3) is 101 Å². The maximum Gasteiger partial charge on any atom is 0.0640 e. The lowest BCUT2D eigenvalue weighted by Crippen LogP contribution is -1.94. The van der Waals surface area contributed by atoms with Crippen LogP contribution >= 0.6 is 22.7 Å². The topological polar surface area (TPSA) is 4.93 Å². The third kappa shape index (κ3) is 4.32. The highest BCUT2D eigenvalue weighted by Crippen LogP contribution is 2.50. The Morgan fingerprint density at radius 3 is 1.84 bits per heavy atom. The molecule has 0 radical (unpaired) electrons. The van der Waals surface area contributed by atoms with Gasteiger partial charge in [-0.25, -0.2) is 0 Å². The number of fused-ring (bicyclic) bond motifs is 9. The molecule has 0 aliphatic carbocycles. The van der Waals surface area contributed by atoms with Crippen LogP contribution in [0.15, 0.2) is 176 Å². The molecular weight excluding hydrogens is 655 g/mol. The fourth-order valence-corrected chi connectivity index (χ4v) is 10.7. The molecule has 8 aromatic carbocycles. The van der Waals surface area contributed by atoms with Crippen LogP contribution in [0.2, 0.25) is 0 Å². The molecule has 0 N–H and O–H groups in total. The number of nitrogens with zero attached hydrogens (tertiary/aromatic N) is 1. The Labute approximate surface area is 302 Å². The summed E-state index contributed by atoms with van der Waals surface area (Å²) in [6.45, 7) is 0. The predicted molar refractivity (Wildman–Crippen MR) is 223 cm³/mol. The summed E-state index contributed by atoms with van der Waals surface area (Å²) in [6, 6.07) is 64.7. The molecule has 11 aromatic rings. The molecule has 0 spiro atoms. The molecule has 3 aromatic heterocycles. The van der Waals surface area contributed by atoms with E-state index in [0.29, 0.717) is 0 Å². The van der Waals surface area contributed by atoms with Crippen LogP contribution in [0.3, 0.4) is 0 Å². The van der Waals surface area contributed by atoms with Crippen molar-refractivity contribution >= 4 is 84.8 Å². The van der Waals surface area contributed by atoms with Crippen molar-refractivity contribution in [3.8, 4) is 39.1 Å². The largest absolute Gasteiger partial charge is 0.308 e. The Morgan fingerprint density at radius 2 is 0.980 bits per heavy atom. The van der Waals surface area contributed by atoms with E-state index >= 15 is 0 Å². The first-order valence-corrected chi connectivity index (χ1v) is 19.0. The van der Waals surface area contributed by atoms with Crippen molar-refractivity contribution in [1.29, 1.82) is 0 Å². The van der Waals surface area contributed by atoms with Crippen LogP contribution in [0, 0.1) is 0 Å². The molecular formula is C48H29NS2. The Bertz CT molecular complexity index is 3130. The monoisotopic (exact) mass is 683 g/mol. The standard InChI is InChI=1S/C48H29NS2/c1-3-13-30(14-4-1)32-25-26-35-34-17-7-9-21-40(34)49(42(35)29-32)41-22-11-20-39-46-37(28-27-33(48(46)51-47(39)41)31-15-5-2-6-16-31)36-19-12-24-44-45(36)38-18-8-10-23-43(38)50-44/h1-29H. The molecule has 0 bridgehead atoms. The normalized spacial score (nSPS) is 11.9. The average Bonchev–Trinajstić information content (AvgIpc) is 3.88. The van der Waals surface area contributed by atoms with Crippen LogP contribution in [-0.2, 0) is 0 Å². The van der Waals surface area contributed by atoms with E-state index in [0.717, 1.165) is 0 Å². The quantitative estimate of drug-likeness (QED) is 0.174. The minimum atomic E-state index is 1.22. The molecule has 51 heavy (non-hydrogen) atoms. The van der Waals surface area contributed by atoms with Gasteiger partial charge >= 0.3 is 0 Å². The highest BCUT2D eigenvalue weighted by molar-refractivity contribution is 7.27. The number of thiophene rings is 2. The number of rotatable bonds is 4. The number of hydrogen-bond donors (Lipinski definition) is 0. The second kappa shape index (κ2) is 11.3. The maximum absolute atomic E-state index is 2.50. The molecule has 0 aliphatic rings. The number of benzene rings is 8. The van der Waals surface area contributed by atoms with E-state index in [1.165, 1.54) is 101 Å². The fraction of sp³-hybridized carbons (Fsp3) is 0. The third-order valence-corrected chi connectivity index (χ3v) is 12.8. The van der Waals surface area contributed by atoms with Crippen LogP contribution in [-0.4, -0.2) is 4.57 Å². The van der Waals surface area contributed by atoms with Gasteiger partial charge in [-0.05, 0) is 63.7 Å². The molecule has 3 heterocycles. The molecule has 0 saturated heterocycles. The minimum absolute atomic E-state index is 1.22. The SMILES string of the molecule is c1ccc(-c2ccc3c4ccccc4n(-c4cccc5c4sc4c(-c6ccccc6)ccc(-c6cccc7sc8ccccc8c67)c45)c3c2)cc1. The van der Waals surface area contributed by atoms with Crippen molar-refractivity contribution in [3.05, 3.63) is 176 Å². The molecule has 0 amide bonds. The van der Waals surface area contributed by atoms with Gasteiger partial charge in [-0.2, -0.15) is 0 Å². The second-order valence-electron chi connectivity index (χ2n) is 13.2. The van der Waals surface area contributed by atoms with E-state index in [1.807, 2.05) is 22.7 Å². The van der Waals surface area contributed by atoms with Gasteiger partial charge in [0.2, 0.25) is 0 Å². The summed E-state index contributed by atoms with van der Waals surface area (Å²) in [5.74, 6) is 0. The molecule has 1 nitrogen and oxygen atoms in total. The van der Waals surface area contributed by atoms with Crippen LogP contribution in [0.4, 0.5) is 0 Å². The summed E-state index contributed by atoms with van der Waals surface area (Å²) in [7, 11) is 0. The van der Waals surface area contributed by atoms with E-state index in [-0.39, 0.29) is 0 Å². The molecule has 0 fully saturated rings. The van der Waals surface area contributed by atoms with Crippen molar-refractivity contribution in [2.24, 2.45) is 0 Å². The van der Waals surface area contributed by atoms with Crippen molar-refractivity contribution in [1.82, 2.24) is 4.57 Å². The summed E-state index contributed by atoms with van der Waals surface area (Å²) >= 11 is 3.81. The Balaban J connectivity index is 1.26. The van der Waals surface area contributed by atoms with Gasteiger partial charge in [0.15, 0.2) is 0 Å². The van der Waals surface area contributed by atoms with Gasteiger partial charge in [-0.3, -0.25) is 0 Å². The van der Waals surface area contributed by atoms with Gasteiger partial charge in [0, 0.05) is 46.4 Å². The highest BCUT2D eigenvalue weighted by Gasteiger charge is 2.22. The summed E-state index contributed by atoms with van der Waals surface area (Å²) in [5, 5.41) is 7.83. The van der Waals surface area contributed by atoms with E-state index < -0.39 is 0 Å². The average molecular weight is 684 g/mol. The third-order valence-electron chi connectivity index (χ3n) is 10.4. The fourth-order valence-electron chi connectivity index (χ4n) is 8.17. The summed E-state index contributed by atoms with van der Waals surface area (Å²) in [5.41, 5.74) is 11.2. The van der Waals surface area contributed by atoms with Crippen molar-refractivity contribution in [3.63, 3.8) is 0 Å². The molecule has 11 rings (SSSR count). The lowest BCUT2D eigenvalue weighted by atomic mass is 9.92. The van der Waals surface area contributed by atoms with Gasteiger partial charge in [0.25, 0.3) is 0 Å². The van der Waals surface area contributed by atoms with Gasteiger partial charge in [-0.15, -0.1) is 22.7 Å². The van der Waals surface area contributed by atoms with Gasteiger partial charge in [0.05, 0.1) is 21.4 Å². The number of para-hydroxylation sites is 1. The predicted octanol–water partition coefficient (Wildman–Crippen LogP) is 14.5. The van der Waals surface area contributed by atoms with Crippen LogP contribution in [0.5, 0.6) is 0 Å². The Hall–Kier alpha value is -6.00. The summed E-state index contributed by atoms with van der Waals surface area (Å²) in [6.07, 6.45) is 0. The van der Waals surface area contributed by atoms with Crippen LogP contribution in [0.1, 0.15) is 0 Å². The minimum Gasteiger partial charge on any atom is -0.308 e. The number of hydrogen-bond acceptors (Lipinski definition) is 2. The molecule has 0 atom stereocenters. The van der Waals surface area contributed by atoms with Gasteiger partial charge in [-0.1, -0.05) is 146 Å². The zero-order valence-electron chi connectivity index (χ0n) is 27.5. The smallest absolute Gasteiger partial charge is 0.0640 e. The molecule has 3 heteroatoms. The lowest BCUT2D eigenvalue weighted by molar-refractivity contribution is 1.20. The maximum atomic E-state index is 2.50. The first-order valence-electron chi connectivity index (χ1n) is 17.4. The van der Waals surface area contributed by atoms with Crippen molar-refractivity contribution in [2.75, 3.05) is 0 Å². The lowest BCUT2D eigenvalue weighted by Gasteiger charge is -2.12. The van der Waals surface area contributed by atoms with E-state index in [4.69, 9.17) is 0 Å². The van der Waals surface area contributed by atoms with Crippen molar-refractivity contribution in [2.45, 2.75) is 0 Å². The first kappa shape index (κ1) is 28.8. The summed E-state index contributed by atoms with van der Waals surface area (Å²) < 4.78 is 7.78. The number of aromatic nitrogens is 1. The van der Waals surface area contributed by atoms with Gasteiger partial charge < -0.3 is 4.57 Å². The molecule has 0 aliphatic heterocycles. The van der Waals surface area contributed by atoms with Gasteiger partial charge in [0.1, 0.15) is 0 Å². The van der Waals surface area contributed by atoms with E-state index in [9.17, 15) is 0 Å². The van der Waals surface area contributed by atoms with Crippen molar-refractivity contribution < 1.29 is 0 Å². The van der Waals surface area contributed by atoms with Crippen LogP contribution < -0.4 is 0 Å². The molecule has 238 valence electrons. The zero-order valence-corrected chi connectivity index (χ0v) is 29.1. The highest BCUT2D eigenvalue weighted by atomic mass is 32.1. The summed E-state index contributed by atoms with van der Waals surface area (Å²) in [4.78, 5) is 0. The second-order valence-corrected chi connectivity index (χ2v) is 15.3. The molecule has 0 unspecified atom stereocenters. The Morgan fingerprint density at radius 1 is 0.333 bits per heavy atom. The first-order chi connectivity index (χ1) is 25.3.